The Morgan fingerprint density at radius 1 is 1.20 bits per heavy atom. The second-order valence-electron chi connectivity index (χ2n) is 4.85. The van der Waals surface area contributed by atoms with Crippen LogP contribution >= 0.6 is 0 Å². The Morgan fingerprint density at radius 2 is 2.00 bits per heavy atom. The first kappa shape index (κ1) is 9.46. The molecule has 1 saturated carbocycles. The zero-order chi connectivity index (χ0) is 10.3. The van der Waals surface area contributed by atoms with Crippen molar-refractivity contribution in [3.63, 3.8) is 0 Å². The Hall–Kier alpha value is -0.770. The lowest BCUT2D eigenvalue weighted by Crippen LogP contribution is -2.45. The molecule has 0 aromatic heterocycles. The molecule has 0 radical (unpaired) electrons. The molecular weight excluding hydrogens is 192 g/mol. The van der Waals surface area contributed by atoms with Gasteiger partial charge in [-0.3, -0.25) is 4.90 Å². The van der Waals surface area contributed by atoms with Crippen molar-refractivity contribution in [1.82, 2.24) is 10.2 Å². The third-order valence-electron chi connectivity index (χ3n) is 3.92. The SMILES string of the molecule is O=C1OC2CNCC2N1C1CCCCC1. The van der Waals surface area contributed by atoms with Gasteiger partial charge >= 0.3 is 6.09 Å². The summed E-state index contributed by atoms with van der Waals surface area (Å²) in [6, 6.07) is 0.752. The molecule has 3 aliphatic rings. The number of fused-ring (bicyclic) bond motifs is 1. The summed E-state index contributed by atoms with van der Waals surface area (Å²) in [5.74, 6) is 0. The van der Waals surface area contributed by atoms with Crippen molar-refractivity contribution in [1.29, 1.82) is 0 Å². The van der Waals surface area contributed by atoms with E-state index in [1.54, 1.807) is 0 Å². The van der Waals surface area contributed by atoms with E-state index in [-0.39, 0.29) is 12.2 Å². The summed E-state index contributed by atoms with van der Waals surface area (Å²) in [4.78, 5) is 13.8. The van der Waals surface area contributed by atoms with E-state index < -0.39 is 0 Å². The van der Waals surface area contributed by atoms with Crippen LogP contribution in [0.2, 0.25) is 0 Å². The Kier molecular flexibility index (Phi) is 2.31. The summed E-state index contributed by atoms with van der Waals surface area (Å²) in [6.07, 6.45) is 6.22. The number of hydrogen-bond acceptors (Lipinski definition) is 3. The molecule has 1 aliphatic carbocycles. The first-order valence-corrected chi connectivity index (χ1v) is 6.06. The quantitative estimate of drug-likeness (QED) is 0.705. The minimum atomic E-state index is -0.0709. The molecule has 3 rings (SSSR count). The molecule has 2 heterocycles. The molecule has 2 atom stereocenters. The molecular formula is C11H18N2O2. The van der Waals surface area contributed by atoms with Gasteiger partial charge in [0.25, 0.3) is 0 Å². The minimum absolute atomic E-state index is 0.0709. The standard InChI is InChI=1S/C11H18N2O2/c14-11-13(8-4-2-1-3-5-8)9-6-12-7-10(9)15-11/h8-10,12H,1-7H2. The van der Waals surface area contributed by atoms with Crippen LogP contribution in [0, 0.1) is 0 Å². The Bertz CT molecular complexity index is 263. The number of rotatable bonds is 1. The lowest BCUT2D eigenvalue weighted by molar-refractivity contribution is 0.121. The maximum absolute atomic E-state index is 11.8. The van der Waals surface area contributed by atoms with Crippen LogP contribution in [0.3, 0.4) is 0 Å². The molecule has 0 aromatic carbocycles. The predicted molar refractivity (Wildman–Crippen MR) is 55.6 cm³/mol. The highest BCUT2D eigenvalue weighted by Crippen LogP contribution is 2.31. The fourth-order valence-electron chi connectivity index (χ4n) is 3.14. The van der Waals surface area contributed by atoms with Gasteiger partial charge in [0.05, 0.1) is 6.04 Å². The van der Waals surface area contributed by atoms with Crippen molar-refractivity contribution in [2.45, 2.75) is 50.3 Å². The highest BCUT2D eigenvalue weighted by atomic mass is 16.6. The topological polar surface area (TPSA) is 41.6 Å². The highest BCUT2D eigenvalue weighted by Gasteiger charge is 2.47. The van der Waals surface area contributed by atoms with Gasteiger partial charge in [-0.05, 0) is 12.8 Å². The smallest absolute Gasteiger partial charge is 0.410 e. The summed E-state index contributed by atoms with van der Waals surface area (Å²) in [7, 11) is 0. The second-order valence-corrected chi connectivity index (χ2v) is 4.85. The average molecular weight is 210 g/mol. The molecule has 2 saturated heterocycles. The third kappa shape index (κ3) is 1.51. The monoisotopic (exact) mass is 210 g/mol. The van der Waals surface area contributed by atoms with Gasteiger partial charge in [0.15, 0.2) is 0 Å². The van der Waals surface area contributed by atoms with Crippen molar-refractivity contribution in [3.8, 4) is 0 Å². The number of ether oxygens (including phenoxy) is 1. The lowest BCUT2D eigenvalue weighted by atomic mass is 9.93. The zero-order valence-electron chi connectivity index (χ0n) is 8.95. The van der Waals surface area contributed by atoms with Gasteiger partial charge in [-0.1, -0.05) is 19.3 Å². The van der Waals surface area contributed by atoms with Gasteiger partial charge in [0, 0.05) is 19.1 Å². The van der Waals surface area contributed by atoms with Crippen molar-refractivity contribution < 1.29 is 9.53 Å². The fourth-order valence-corrected chi connectivity index (χ4v) is 3.14. The molecule has 4 nitrogen and oxygen atoms in total. The van der Waals surface area contributed by atoms with Gasteiger partial charge in [0.1, 0.15) is 6.10 Å². The number of nitrogens with zero attached hydrogens (tertiary/aromatic N) is 1. The minimum Gasteiger partial charge on any atom is -0.442 e. The highest BCUT2D eigenvalue weighted by molar-refractivity contribution is 5.71. The van der Waals surface area contributed by atoms with Crippen molar-refractivity contribution in [2.75, 3.05) is 13.1 Å². The van der Waals surface area contributed by atoms with E-state index in [0.29, 0.717) is 12.1 Å². The van der Waals surface area contributed by atoms with E-state index in [4.69, 9.17) is 4.74 Å². The molecule has 4 heteroatoms. The summed E-state index contributed by atoms with van der Waals surface area (Å²) in [5, 5.41) is 3.30. The van der Waals surface area contributed by atoms with Gasteiger partial charge < -0.3 is 10.1 Å². The Balaban J connectivity index is 1.75. The number of amides is 1. The van der Waals surface area contributed by atoms with Crippen molar-refractivity contribution >= 4 is 6.09 Å². The van der Waals surface area contributed by atoms with Gasteiger partial charge in [-0.25, -0.2) is 4.79 Å². The summed E-state index contributed by atoms with van der Waals surface area (Å²) in [5.41, 5.74) is 0. The van der Waals surface area contributed by atoms with E-state index in [2.05, 4.69) is 5.32 Å². The molecule has 1 N–H and O–H groups in total. The van der Waals surface area contributed by atoms with E-state index in [0.717, 1.165) is 13.1 Å². The number of hydrogen-bond donors (Lipinski definition) is 1. The van der Waals surface area contributed by atoms with Gasteiger partial charge in [-0.15, -0.1) is 0 Å². The van der Waals surface area contributed by atoms with Crippen LogP contribution in [0.5, 0.6) is 0 Å². The van der Waals surface area contributed by atoms with Crippen molar-refractivity contribution in [3.05, 3.63) is 0 Å². The van der Waals surface area contributed by atoms with Crippen molar-refractivity contribution in [2.24, 2.45) is 0 Å². The number of carbonyl (C=O) groups excluding carboxylic acids is 1. The molecule has 1 amide bonds. The van der Waals surface area contributed by atoms with Crippen LogP contribution in [0.1, 0.15) is 32.1 Å². The first-order chi connectivity index (χ1) is 7.36. The van der Waals surface area contributed by atoms with E-state index in [1.165, 1.54) is 32.1 Å². The molecule has 2 unspecified atom stereocenters. The number of nitrogens with one attached hydrogen (secondary N) is 1. The maximum atomic E-state index is 11.8. The predicted octanol–water partition coefficient (Wildman–Crippen LogP) is 1.11. The third-order valence-corrected chi connectivity index (χ3v) is 3.92. The van der Waals surface area contributed by atoms with Crippen LogP contribution in [0.15, 0.2) is 0 Å². The second kappa shape index (κ2) is 3.67. The van der Waals surface area contributed by atoms with E-state index in [1.807, 2.05) is 4.90 Å². The number of carbonyl (C=O) groups is 1. The normalized spacial score (nSPS) is 36.8. The lowest BCUT2D eigenvalue weighted by Gasteiger charge is -2.32. The molecule has 84 valence electrons. The van der Waals surface area contributed by atoms with Crippen LogP contribution in [-0.2, 0) is 4.74 Å². The Labute approximate surface area is 90.0 Å². The van der Waals surface area contributed by atoms with E-state index in [9.17, 15) is 4.79 Å². The van der Waals surface area contributed by atoms with Crippen LogP contribution < -0.4 is 5.32 Å². The molecule has 0 bridgehead atoms. The molecule has 3 fully saturated rings. The van der Waals surface area contributed by atoms with Gasteiger partial charge in [-0.2, -0.15) is 0 Å². The van der Waals surface area contributed by atoms with Crippen LogP contribution in [0.25, 0.3) is 0 Å². The fraction of sp³-hybridized carbons (Fsp3) is 0.909. The van der Waals surface area contributed by atoms with Gasteiger partial charge in [0.2, 0.25) is 0 Å². The summed E-state index contributed by atoms with van der Waals surface area (Å²) >= 11 is 0. The largest absolute Gasteiger partial charge is 0.442 e. The Morgan fingerprint density at radius 3 is 2.80 bits per heavy atom. The zero-order valence-corrected chi connectivity index (χ0v) is 8.95. The summed E-state index contributed by atoms with van der Waals surface area (Å²) < 4.78 is 5.38. The molecule has 15 heavy (non-hydrogen) atoms. The first-order valence-electron chi connectivity index (χ1n) is 6.06. The van der Waals surface area contributed by atoms with Crippen LogP contribution in [-0.4, -0.2) is 42.3 Å². The van der Waals surface area contributed by atoms with E-state index >= 15 is 0 Å². The molecule has 0 aromatic rings. The average Bonchev–Trinajstić information content (AvgIpc) is 2.78. The van der Waals surface area contributed by atoms with Crippen LogP contribution in [0.4, 0.5) is 4.79 Å². The summed E-state index contributed by atoms with van der Waals surface area (Å²) in [6.45, 7) is 1.74. The molecule has 0 spiro atoms. The maximum Gasteiger partial charge on any atom is 0.410 e. The molecule has 2 aliphatic heterocycles.